The minimum absolute atomic E-state index is 0.00482. The number of likely N-dealkylation sites (N-methyl/N-ethyl adjacent to an activating group) is 2. The van der Waals surface area contributed by atoms with Crippen LogP contribution in [0.15, 0.2) is 42.5 Å². The van der Waals surface area contributed by atoms with Gasteiger partial charge in [0.25, 0.3) is 0 Å². The van der Waals surface area contributed by atoms with E-state index >= 15 is 0 Å². The van der Waals surface area contributed by atoms with Crippen LogP contribution in [0.25, 0.3) is 0 Å². The summed E-state index contributed by atoms with van der Waals surface area (Å²) in [6, 6.07) is 13.8. The summed E-state index contributed by atoms with van der Waals surface area (Å²) in [6.07, 6.45) is 0.817. The van der Waals surface area contributed by atoms with Crippen LogP contribution in [0.5, 0.6) is 5.75 Å². The molecule has 0 saturated carbocycles. The molecule has 1 unspecified atom stereocenters. The molecule has 0 aromatic heterocycles. The van der Waals surface area contributed by atoms with Crippen LogP contribution in [0.2, 0.25) is 0 Å². The van der Waals surface area contributed by atoms with Crippen LogP contribution in [0.3, 0.4) is 0 Å². The summed E-state index contributed by atoms with van der Waals surface area (Å²) in [5, 5.41) is 2.98. The van der Waals surface area contributed by atoms with Gasteiger partial charge in [0.15, 0.2) is 0 Å². The van der Waals surface area contributed by atoms with Crippen molar-refractivity contribution in [1.29, 1.82) is 0 Å². The van der Waals surface area contributed by atoms with Gasteiger partial charge in [-0.1, -0.05) is 12.1 Å². The Morgan fingerprint density at radius 2 is 2.00 bits per heavy atom. The Kier molecular flexibility index (Phi) is 6.13. The molecular formula is C24H30N4O3. The molecule has 0 saturated heterocycles. The Morgan fingerprint density at radius 1 is 1.19 bits per heavy atom. The molecule has 0 radical (unpaired) electrons. The monoisotopic (exact) mass is 422 g/mol. The number of amides is 2. The summed E-state index contributed by atoms with van der Waals surface area (Å²) in [6.45, 7) is 7.08. The van der Waals surface area contributed by atoms with Gasteiger partial charge in [0.2, 0.25) is 11.8 Å². The Bertz CT molecular complexity index is 977. The number of anilines is 3. The molecule has 2 aromatic rings. The van der Waals surface area contributed by atoms with E-state index < -0.39 is 0 Å². The fraction of sp³-hybridized carbons (Fsp3) is 0.417. The van der Waals surface area contributed by atoms with E-state index in [0.717, 1.165) is 47.9 Å². The first-order valence-electron chi connectivity index (χ1n) is 10.8. The van der Waals surface area contributed by atoms with Crippen molar-refractivity contribution in [2.75, 3.05) is 54.9 Å². The molecule has 2 heterocycles. The average molecular weight is 423 g/mol. The van der Waals surface area contributed by atoms with Crippen molar-refractivity contribution < 1.29 is 14.3 Å². The third-order valence-corrected chi connectivity index (χ3v) is 5.87. The number of hydrogen-bond donors (Lipinski definition) is 1. The highest BCUT2D eigenvalue weighted by Gasteiger charge is 2.26. The molecule has 4 rings (SSSR count). The van der Waals surface area contributed by atoms with Gasteiger partial charge in [-0.15, -0.1) is 0 Å². The standard InChI is InChI=1S/C24H30N4O3/c1-4-27-15-20(31-23-8-6-5-7-22(23)27)14-26(3)16-24(30)25-19-9-10-21-18(13-19)11-12-28(21)17(2)29/h5-10,13,20H,4,11-12,14-16H2,1-3H3,(H,25,30). The lowest BCUT2D eigenvalue weighted by molar-refractivity contribution is -0.117. The van der Waals surface area contributed by atoms with Gasteiger partial charge in [-0.25, -0.2) is 0 Å². The number of nitrogens with zero attached hydrogens (tertiary/aromatic N) is 3. The van der Waals surface area contributed by atoms with Crippen LogP contribution in [0.4, 0.5) is 17.1 Å². The SMILES string of the molecule is CCN1CC(CN(C)CC(=O)Nc2ccc3c(c2)CCN3C(C)=O)Oc2ccccc21. The maximum absolute atomic E-state index is 12.6. The minimum Gasteiger partial charge on any atom is -0.485 e. The summed E-state index contributed by atoms with van der Waals surface area (Å²) in [4.78, 5) is 30.4. The second-order valence-corrected chi connectivity index (χ2v) is 8.26. The first kappa shape index (κ1) is 21.2. The Balaban J connectivity index is 1.32. The molecule has 2 amide bonds. The summed E-state index contributed by atoms with van der Waals surface area (Å²) < 4.78 is 6.17. The van der Waals surface area contributed by atoms with Crippen LogP contribution in [0, 0.1) is 0 Å². The molecule has 2 aliphatic rings. The zero-order valence-electron chi connectivity index (χ0n) is 18.4. The van der Waals surface area contributed by atoms with Crippen LogP contribution < -0.4 is 19.9 Å². The van der Waals surface area contributed by atoms with Gasteiger partial charge in [0.05, 0.1) is 18.8 Å². The molecule has 0 aliphatic carbocycles. The zero-order valence-corrected chi connectivity index (χ0v) is 18.4. The number of hydrogen-bond acceptors (Lipinski definition) is 5. The fourth-order valence-electron chi connectivity index (χ4n) is 4.44. The van der Waals surface area contributed by atoms with Crippen LogP contribution in [0.1, 0.15) is 19.4 Å². The Morgan fingerprint density at radius 3 is 2.77 bits per heavy atom. The zero-order chi connectivity index (χ0) is 22.0. The van der Waals surface area contributed by atoms with Gasteiger partial charge in [0, 0.05) is 37.9 Å². The largest absolute Gasteiger partial charge is 0.485 e. The van der Waals surface area contributed by atoms with Crippen molar-refractivity contribution in [1.82, 2.24) is 4.90 Å². The number of carbonyl (C=O) groups excluding carboxylic acids is 2. The van der Waals surface area contributed by atoms with Crippen LogP contribution >= 0.6 is 0 Å². The molecule has 2 aliphatic heterocycles. The molecule has 1 atom stereocenters. The third-order valence-electron chi connectivity index (χ3n) is 5.87. The highest BCUT2D eigenvalue weighted by molar-refractivity contribution is 5.96. The lowest BCUT2D eigenvalue weighted by Crippen LogP contribution is -2.46. The van der Waals surface area contributed by atoms with E-state index in [1.54, 1.807) is 11.8 Å². The predicted molar refractivity (Wildman–Crippen MR) is 123 cm³/mol. The van der Waals surface area contributed by atoms with Crippen molar-refractivity contribution in [3.8, 4) is 5.75 Å². The number of rotatable bonds is 6. The lowest BCUT2D eigenvalue weighted by Gasteiger charge is -2.37. The molecule has 0 spiro atoms. The topological polar surface area (TPSA) is 65.1 Å². The highest BCUT2D eigenvalue weighted by atomic mass is 16.5. The molecular weight excluding hydrogens is 392 g/mol. The van der Waals surface area contributed by atoms with Crippen molar-refractivity contribution in [3.05, 3.63) is 48.0 Å². The van der Waals surface area contributed by atoms with Crippen molar-refractivity contribution in [2.45, 2.75) is 26.4 Å². The Labute approximate surface area is 183 Å². The second kappa shape index (κ2) is 8.98. The number of fused-ring (bicyclic) bond motifs is 2. The molecule has 7 heteroatoms. The van der Waals surface area contributed by atoms with E-state index in [2.05, 4.69) is 23.2 Å². The number of benzene rings is 2. The van der Waals surface area contributed by atoms with E-state index in [-0.39, 0.29) is 24.5 Å². The molecule has 0 fully saturated rings. The van der Waals surface area contributed by atoms with Crippen molar-refractivity contribution >= 4 is 28.9 Å². The predicted octanol–water partition coefficient (Wildman–Crippen LogP) is 2.75. The first-order chi connectivity index (χ1) is 14.9. The maximum Gasteiger partial charge on any atom is 0.238 e. The van der Waals surface area contributed by atoms with E-state index in [9.17, 15) is 9.59 Å². The van der Waals surface area contributed by atoms with E-state index in [1.165, 1.54) is 0 Å². The van der Waals surface area contributed by atoms with Gasteiger partial charge < -0.3 is 19.9 Å². The van der Waals surface area contributed by atoms with E-state index in [0.29, 0.717) is 13.1 Å². The number of para-hydroxylation sites is 2. The minimum atomic E-state index is -0.0626. The number of ether oxygens (including phenoxy) is 1. The van der Waals surface area contributed by atoms with Gasteiger partial charge in [-0.2, -0.15) is 0 Å². The Hall–Kier alpha value is -3.06. The molecule has 164 valence electrons. The van der Waals surface area contributed by atoms with Gasteiger partial charge in [-0.05, 0) is 56.3 Å². The van der Waals surface area contributed by atoms with Gasteiger partial charge >= 0.3 is 0 Å². The summed E-state index contributed by atoms with van der Waals surface area (Å²) in [7, 11) is 1.94. The number of nitrogens with one attached hydrogen (secondary N) is 1. The van der Waals surface area contributed by atoms with Crippen molar-refractivity contribution in [2.24, 2.45) is 0 Å². The smallest absolute Gasteiger partial charge is 0.238 e. The summed E-state index contributed by atoms with van der Waals surface area (Å²) >= 11 is 0. The maximum atomic E-state index is 12.6. The number of carbonyl (C=O) groups is 2. The van der Waals surface area contributed by atoms with E-state index in [4.69, 9.17) is 4.74 Å². The van der Waals surface area contributed by atoms with Gasteiger partial charge in [-0.3, -0.25) is 14.5 Å². The second-order valence-electron chi connectivity index (χ2n) is 8.26. The third kappa shape index (κ3) is 4.66. The van der Waals surface area contributed by atoms with Crippen molar-refractivity contribution in [3.63, 3.8) is 0 Å². The first-order valence-corrected chi connectivity index (χ1v) is 10.8. The fourth-order valence-corrected chi connectivity index (χ4v) is 4.44. The van der Waals surface area contributed by atoms with E-state index in [1.807, 2.05) is 48.3 Å². The molecule has 0 bridgehead atoms. The van der Waals surface area contributed by atoms with Crippen LogP contribution in [-0.4, -0.2) is 62.6 Å². The summed E-state index contributed by atoms with van der Waals surface area (Å²) in [5.74, 6) is 0.884. The van der Waals surface area contributed by atoms with Gasteiger partial charge in [0.1, 0.15) is 11.9 Å². The molecule has 31 heavy (non-hydrogen) atoms. The average Bonchev–Trinajstić information content (AvgIpc) is 3.16. The quantitative estimate of drug-likeness (QED) is 0.776. The van der Waals surface area contributed by atoms with Crippen LogP contribution in [-0.2, 0) is 16.0 Å². The normalized spacial score (nSPS) is 17.2. The lowest BCUT2D eigenvalue weighted by atomic mass is 10.1. The summed E-state index contributed by atoms with van der Waals surface area (Å²) in [5.41, 5.74) is 3.93. The highest BCUT2D eigenvalue weighted by Crippen LogP contribution is 2.33. The molecule has 1 N–H and O–H groups in total. The molecule has 2 aromatic carbocycles. The molecule has 7 nitrogen and oxygen atoms in total.